The number of hydrogen-bond donors (Lipinski definition) is 3. The number of β-amino-alcohol motifs (C(OH)–C–C–N with tert-alkyl or cyclic N) is 1. The lowest BCUT2D eigenvalue weighted by molar-refractivity contribution is -0.00394. The molecule has 1 aliphatic heterocycles. The van der Waals surface area contributed by atoms with Gasteiger partial charge in [-0.15, -0.1) is 0 Å². The Bertz CT molecular complexity index is 496. The molecule has 0 saturated heterocycles. The van der Waals surface area contributed by atoms with Crippen LogP contribution in [0.15, 0.2) is 24.3 Å². The summed E-state index contributed by atoms with van der Waals surface area (Å²) < 4.78 is 0. The highest BCUT2D eigenvalue weighted by molar-refractivity contribution is 5.98. The fraction of sp³-hybridized carbons (Fsp3) is 0.533. The molecule has 0 saturated carbocycles. The monoisotopic (exact) mass is 278 g/mol. The maximum atomic E-state index is 12.2. The van der Waals surface area contributed by atoms with E-state index in [1.54, 1.807) is 24.3 Å². The number of benzene rings is 1. The summed E-state index contributed by atoms with van der Waals surface area (Å²) in [4.78, 5) is 13.5. The molecule has 3 N–H and O–H groups in total. The van der Waals surface area contributed by atoms with E-state index in [2.05, 4.69) is 5.32 Å². The third kappa shape index (κ3) is 3.17. The molecule has 20 heavy (non-hydrogen) atoms. The summed E-state index contributed by atoms with van der Waals surface area (Å²) in [5, 5.41) is 23.4. The van der Waals surface area contributed by atoms with Crippen LogP contribution in [-0.4, -0.2) is 45.8 Å². The minimum Gasteiger partial charge on any atom is -0.390 e. The maximum absolute atomic E-state index is 12.2. The van der Waals surface area contributed by atoms with E-state index in [1.807, 2.05) is 20.8 Å². The van der Waals surface area contributed by atoms with Crippen LogP contribution in [0.1, 0.15) is 42.9 Å². The van der Waals surface area contributed by atoms with Gasteiger partial charge in [-0.1, -0.05) is 18.2 Å². The van der Waals surface area contributed by atoms with E-state index >= 15 is 0 Å². The van der Waals surface area contributed by atoms with Crippen molar-refractivity contribution in [1.82, 2.24) is 10.2 Å². The fourth-order valence-corrected chi connectivity index (χ4v) is 2.25. The molecule has 0 radical (unpaired) electrons. The van der Waals surface area contributed by atoms with Gasteiger partial charge in [-0.3, -0.25) is 4.79 Å². The number of nitrogens with zero attached hydrogens (tertiary/aromatic N) is 1. The Kier molecular flexibility index (Phi) is 4.13. The molecule has 1 amide bonds. The molecule has 110 valence electrons. The van der Waals surface area contributed by atoms with Crippen LogP contribution >= 0.6 is 0 Å². The van der Waals surface area contributed by atoms with Gasteiger partial charge in [0.1, 0.15) is 0 Å². The van der Waals surface area contributed by atoms with E-state index < -0.39 is 12.3 Å². The average Bonchev–Trinajstić information content (AvgIpc) is 2.62. The van der Waals surface area contributed by atoms with Crippen LogP contribution in [0.3, 0.4) is 0 Å². The SMILES string of the molecule is CC(C)(C)NC[C@@H](O)CN1C(=O)c2ccccc2C1O. The second-order valence-electron chi connectivity index (χ2n) is 6.20. The maximum Gasteiger partial charge on any atom is 0.256 e. The zero-order chi connectivity index (χ0) is 14.9. The first-order valence-electron chi connectivity index (χ1n) is 6.80. The second kappa shape index (κ2) is 5.52. The van der Waals surface area contributed by atoms with Crippen LogP contribution in [-0.2, 0) is 0 Å². The number of aliphatic hydroxyl groups is 2. The molecule has 0 bridgehead atoms. The second-order valence-corrected chi connectivity index (χ2v) is 6.20. The number of hydrogen-bond acceptors (Lipinski definition) is 4. The summed E-state index contributed by atoms with van der Waals surface area (Å²) in [6, 6.07) is 6.99. The first kappa shape index (κ1) is 15.0. The lowest BCUT2D eigenvalue weighted by atomic mass is 10.1. The van der Waals surface area contributed by atoms with Gasteiger partial charge in [0.25, 0.3) is 5.91 Å². The summed E-state index contributed by atoms with van der Waals surface area (Å²) in [5.41, 5.74) is 1.02. The topological polar surface area (TPSA) is 72.8 Å². The molecule has 0 aromatic heterocycles. The van der Waals surface area contributed by atoms with Crippen molar-refractivity contribution >= 4 is 5.91 Å². The molecule has 5 nitrogen and oxygen atoms in total. The van der Waals surface area contributed by atoms with Crippen molar-refractivity contribution in [2.75, 3.05) is 13.1 Å². The zero-order valence-corrected chi connectivity index (χ0v) is 12.1. The average molecular weight is 278 g/mol. The van der Waals surface area contributed by atoms with Crippen LogP contribution < -0.4 is 5.32 Å². The van der Waals surface area contributed by atoms with Crippen molar-refractivity contribution in [1.29, 1.82) is 0 Å². The van der Waals surface area contributed by atoms with E-state index in [0.717, 1.165) is 0 Å². The van der Waals surface area contributed by atoms with Crippen molar-refractivity contribution < 1.29 is 15.0 Å². The first-order valence-corrected chi connectivity index (χ1v) is 6.80. The number of aliphatic hydroxyl groups excluding tert-OH is 2. The van der Waals surface area contributed by atoms with E-state index in [-0.39, 0.29) is 18.0 Å². The Morgan fingerprint density at radius 3 is 2.60 bits per heavy atom. The quantitative estimate of drug-likeness (QED) is 0.764. The number of carbonyl (C=O) groups excluding carboxylic acids is 1. The van der Waals surface area contributed by atoms with E-state index in [4.69, 9.17) is 0 Å². The third-order valence-corrected chi connectivity index (χ3v) is 3.30. The number of amides is 1. The van der Waals surface area contributed by atoms with E-state index in [1.165, 1.54) is 4.90 Å². The Morgan fingerprint density at radius 1 is 1.35 bits per heavy atom. The standard InChI is InChI=1S/C15H22N2O3/c1-15(2,3)16-8-10(18)9-17-13(19)11-6-4-5-7-12(11)14(17)20/h4-7,10,13,16,18-19H,8-9H2,1-3H3/t10-,13?/m1/s1. The molecular formula is C15H22N2O3. The number of rotatable bonds is 4. The van der Waals surface area contributed by atoms with Crippen LogP contribution in [0.5, 0.6) is 0 Å². The summed E-state index contributed by atoms with van der Waals surface area (Å²) in [6.07, 6.45) is -1.69. The van der Waals surface area contributed by atoms with Gasteiger partial charge in [0.2, 0.25) is 0 Å². The van der Waals surface area contributed by atoms with Gasteiger partial charge in [0.15, 0.2) is 6.23 Å². The molecule has 0 aliphatic carbocycles. The first-order chi connectivity index (χ1) is 9.29. The van der Waals surface area contributed by atoms with Gasteiger partial charge in [-0.2, -0.15) is 0 Å². The highest BCUT2D eigenvalue weighted by Gasteiger charge is 2.36. The van der Waals surface area contributed by atoms with Crippen LogP contribution in [0.2, 0.25) is 0 Å². The summed E-state index contributed by atoms with van der Waals surface area (Å²) in [6.45, 7) is 6.50. The summed E-state index contributed by atoms with van der Waals surface area (Å²) in [7, 11) is 0. The largest absolute Gasteiger partial charge is 0.390 e. The van der Waals surface area contributed by atoms with Crippen LogP contribution in [0.25, 0.3) is 0 Å². The van der Waals surface area contributed by atoms with Crippen molar-refractivity contribution in [2.24, 2.45) is 0 Å². The van der Waals surface area contributed by atoms with Gasteiger partial charge in [0.05, 0.1) is 12.6 Å². The molecule has 2 rings (SSSR count). The lowest BCUT2D eigenvalue weighted by Gasteiger charge is -2.27. The Hall–Kier alpha value is -1.43. The highest BCUT2D eigenvalue weighted by Crippen LogP contribution is 2.31. The van der Waals surface area contributed by atoms with E-state index in [0.29, 0.717) is 17.7 Å². The van der Waals surface area contributed by atoms with Crippen molar-refractivity contribution in [3.63, 3.8) is 0 Å². The molecule has 5 heteroatoms. The highest BCUT2D eigenvalue weighted by atomic mass is 16.3. The van der Waals surface area contributed by atoms with Crippen molar-refractivity contribution in [2.45, 2.75) is 38.6 Å². The van der Waals surface area contributed by atoms with Gasteiger partial charge in [-0.25, -0.2) is 0 Å². The molecule has 0 fully saturated rings. The van der Waals surface area contributed by atoms with Gasteiger partial charge in [0, 0.05) is 23.2 Å². The molecule has 1 aromatic rings. The van der Waals surface area contributed by atoms with Gasteiger partial charge in [-0.05, 0) is 26.8 Å². The summed E-state index contributed by atoms with van der Waals surface area (Å²) >= 11 is 0. The number of carbonyl (C=O) groups is 1. The molecule has 2 atom stereocenters. The third-order valence-electron chi connectivity index (χ3n) is 3.30. The molecule has 1 unspecified atom stereocenters. The smallest absolute Gasteiger partial charge is 0.256 e. The van der Waals surface area contributed by atoms with Gasteiger partial charge >= 0.3 is 0 Å². The molecule has 1 heterocycles. The molecule has 1 aliphatic rings. The predicted octanol–water partition coefficient (Wildman–Crippen LogP) is 0.882. The molecule has 0 spiro atoms. The Morgan fingerprint density at radius 2 is 2.00 bits per heavy atom. The van der Waals surface area contributed by atoms with E-state index in [9.17, 15) is 15.0 Å². The van der Waals surface area contributed by atoms with Crippen LogP contribution in [0, 0.1) is 0 Å². The lowest BCUT2D eigenvalue weighted by Crippen LogP contribution is -2.45. The zero-order valence-electron chi connectivity index (χ0n) is 12.1. The normalized spacial score (nSPS) is 20.1. The van der Waals surface area contributed by atoms with Gasteiger partial charge < -0.3 is 20.4 Å². The number of nitrogens with one attached hydrogen (secondary N) is 1. The Labute approximate surface area is 119 Å². The van der Waals surface area contributed by atoms with Crippen molar-refractivity contribution in [3.05, 3.63) is 35.4 Å². The minimum absolute atomic E-state index is 0.0996. The predicted molar refractivity (Wildman–Crippen MR) is 76.2 cm³/mol. The minimum atomic E-state index is -0.969. The van der Waals surface area contributed by atoms with Crippen molar-refractivity contribution in [3.8, 4) is 0 Å². The Balaban J connectivity index is 2.00. The fourth-order valence-electron chi connectivity index (χ4n) is 2.25. The van der Waals surface area contributed by atoms with Crippen LogP contribution in [0.4, 0.5) is 0 Å². The molecule has 1 aromatic carbocycles. The summed E-state index contributed by atoms with van der Waals surface area (Å²) in [5.74, 6) is -0.233. The number of fused-ring (bicyclic) bond motifs is 1. The molecular weight excluding hydrogens is 256 g/mol.